The van der Waals surface area contributed by atoms with Crippen LogP contribution in [0.1, 0.15) is 5.56 Å². The SMILES string of the molecule is O=C(CSCc1ccccc1Cl)N=Nc1c(O)[nH]c2ccc(Br)cc12. The van der Waals surface area contributed by atoms with Crippen LogP contribution in [0, 0.1) is 0 Å². The number of thioether (sulfide) groups is 1. The number of nitrogens with zero attached hydrogens (tertiary/aromatic N) is 2. The highest BCUT2D eigenvalue weighted by atomic mass is 79.9. The maximum absolute atomic E-state index is 11.9. The Labute approximate surface area is 161 Å². The Morgan fingerprint density at radius 3 is 2.88 bits per heavy atom. The van der Waals surface area contributed by atoms with Gasteiger partial charge in [-0.3, -0.25) is 4.79 Å². The Kier molecular flexibility index (Phi) is 5.78. The average Bonchev–Trinajstić information content (AvgIpc) is 2.89. The Morgan fingerprint density at radius 2 is 2.08 bits per heavy atom. The van der Waals surface area contributed by atoms with E-state index in [9.17, 15) is 9.90 Å². The van der Waals surface area contributed by atoms with E-state index >= 15 is 0 Å². The van der Waals surface area contributed by atoms with Crippen molar-refractivity contribution in [3.05, 3.63) is 57.5 Å². The topological polar surface area (TPSA) is 77.8 Å². The molecule has 0 spiro atoms. The van der Waals surface area contributed by atoms with Crippen molar-refractivity contribution in [2.75, 3.05) is 5.75 Å². The van der Waals surface area contributed by atoms with Crippen molar-refractivity contribution in [2.24, 2.45) is 10.2 Å². The summed E-state index contributed by atoms with van der Waals surface area (Å²) in [5, 5.41) is 18.9. The summed E-state index contributed by atoms with van der Waals surface area (Å²) in [4.78, 5) is 14.7. The van der Waals surface area contributed by atoms with Crippen molar-refractivity contribution in [3.63, 3.8) is 0 Å². The van der Waals surface area contributed by atoms with Crippen LogP contribution in [-0.4, -0.2) is 21.8 Å². The molecule has 0 aliphatic rings. The van der Waals surface area contributed by atoms with Crippen molar-refractivity contribution in [3.8, 4) is 5.88 Å². The minimum atomic E-state index is -0.374. The maximum atomic E-state index is 11.9. The highest BCUT2D eigenvalue weighted by Crippen LogP contribution is 2.36. The maximum Gasteiger partial charge on any atom is 0.274 e. The number of hydrogen-bond acceptors (Lipinski definition) is 4. The third-order valence-corrected chi connectivity index (χ3v) is 5.24. The van der Waals surface area contributed by atoms with Gasteiger partial charge in [0.05, 0.1) is 11.3 Å². The predicted molar refractivity (Wildman–Crippen MR) is 105 cm³/mol. The number of rotatable bonds is 5. The van der Waals surface area contributed by atoms with Gasteiger partial charge in [0.1, 0.15) is 0 Å². The minimum Gasteiger partial charge on any atom is -0.493 e. The molecule has 0 saturated carbocycles. The van der Waals surface area contributed by atoms with Gasteiger partial charge in [-0.05, 0) is 29.8 Å². The molecule has 3 aromatic rings. The molecule has 1 heterocycles. The number of nitrogens with one attached hydrogen (secondary N) is 1. The Morgan fingerprint density at radius 1 is 1.28 bits per heavy atom. The number of halogens is 2. The monoisotopic (exact) mass is 437 g/mol. The van der Waals surface area contributed by atoms with Crippen molar-refractivity contribution in [2.45, 2.75) is 5.75 Å². The lowest BCUT2D eigenvalue weighted by Gasteiger charge is -2.01. The van der Waals surface area contributed by atoms with Crippen LogP contribution >= 0.6 is 39.3 Å². The summed E-state index contributed by atoms with van der Waals surface area (Å²) in [6.07, 6.45) is 0. The van der Waals surface area contributed by atoms with E-state index in [1.807, 2.05) is 30.3 Å². The van der Waals surface area contributed by atoms with Crippen LogP contribution in [0.5, 0.6) is 5.88 Å². The van der Waals surface area contributed by atoms with E-state index in [2.05, 4.69) is 31.1 Å². The molecule has 0 unspecified atom stereocenters. The second kappa shape index (κ2) is 8.03. The van der Waals surface area contributed by atoms with Gasteiger partial charge in [0.2, 0.25) is 5.88 Å². The number of benzene rings is 2. The van der Waals surface area contributed by atoms with Crippen LogP contribution in [0.15, 0.2) is 57.2 Å². The molecule has 3 rings (SSSR count). The summed E-state index contributed by atoms with van der Waals surface area (Å²) in [5.41, 5.74) is 1.94. The van der Waals surface area contributed by atoms with Gasteiger partial charge in [-0.25, -0.2) is 0 Å². The first-order valence-corrected chi connectivity index (χ1v) is 9.63. The Hall–Kier alpha value is -1.83. The van der Waals surface area contributed by atoms with E-state index in [-0.39, 0.29) is 23.2 Å². The molecule has 0 atom stereocenters. The number of fused-ring (bicyclic) bond motifs is 1. The van der Waals surface area contributed by atoms with E-state index in [0.717, 1.165) is 15.6 Å². The van der Waals surface area contributed by atoms with E-state index in [1.54, 1.807) is 12.1 Å². The van der Waals surface area contributed by atoms with Crippen LogP contribution in [-0.2, 0) is 10.5 Å². The van der Waals surface area contributed by atoms with Gasteiger partial charge in [0.25, 0.3) is 5.91 Å². The molecule has 1 aromatic heterocycles. The molecular formula is C17H13BrClN3O2S. The number of aromatic amines is 1. The second-order valence-electron chi connectivity index (χ2n) is 5.19. The fourth-order valence-electron chi connectivity index (χ4n) is 2.24. The quantitative estimate of drug-likeness (QED) is 0.492. The van der Waals surface area contributed by atoms with Crippen LogP contribution in [0.3, 0.4) is 0 Å². The smallest absolute Gasteiger partial charge is 0.274 e. The highest BCUT2D eigenvalue weighted by molar-refractivity contribution is 9.10. The van der Waals surface area contributed by atoms with Crippen molar-refractivity contribution < 1.29 is 9.90 Å². The van der Waals surface area contributed by atoms with Crippen molar-refractivity contribution in [1.82, 2.24) is 4.98 Å². The molecule has 2 N–H and O–H groups in total. The largest absolute Gasteiger partial charge is 0.493 e. The number of aromatic nitrogens is 1. The van der Waals surface area contributed by atoms with Gasteiger partial charge in [0, 0.05) is 20.6 Å². The van der Waals surface area contributed by atoms with Crippen molar-refractivity contribution >= 4 is 61.8 Å². The summed E-state index contributed by atoms with van der Waals surface area (Å²) in [7, 11) is 0. The molecule has 25 heavy (non-hydrogen) atoms. The average molecular weight is 439 g/mol. The molecular weight excluding hydrogens is 426 g/mol. The number of azo groups is 1. The van der Waals surface area contributed by atoms with Gasteiger partial charge in [-0.1, -0.05) is 45.7 Å². The third-order valence-electron chi connectivity index (χ3n) is 3.42. The number of carbonyl (C=O) groups is 1. The Bertz CT molecular complexity index is 958. The first-order chi connectivity index (χ1) is 12.0. The van der Waals surface area contributed by atoms with Gasteiger partial charge in [0.15, 0.2) is 5.69 Å². The zero-order chi connectivity index (χ0) is 17.8. The normalized spacial score (nSPS) is 11.4. The third kappa shape index (κ3) is 4.42. The number of hydrogen-bond donors (Lipinski definition) is 2. The fourth-order valence-corrected chi connectivity index (χ4v) is 3.68. The fraction of sp³-hybridized carbons (Fsp3) is 0.118. The number of H-pyrrole nitrogens is 1. The molecule has 0 radical (unpaired) electrons. The van der Waals surface area contributed by atoms with E-state index in [1.165, 1.54) is 11.8 Å². The van der Waals surface area contributed by atoms with Gasteiger partial charge in [-0.2, -0.15) is 0 Å². The predicted octanol–water partition coefficient (Wildman–Crippen LogP) is 5.83. The molecule has 0 bridgehead atoms. The van der Waals surface area contributed by atoms with Gasteiger partial charge in [-0.15, -0.1) is 22.0 Å². The van der Waals surface area contributed by atoms with Crippen molar-refractivity contribution in [1.29, 1.82) is 0 Å². The number of aromatic hydroxyl groups is 1. The van der Waals surface area contributed by atoms with E-state index in [0.29, 0.717) is 16.2 Å². The van der Waals surface area contributed by atoms with E-state index < -0.39 is 0 Å². The molecule has 0 aliphatic carbocycles. The molecule has 128 valence electrons. The zero-order valence-corrected chi connectivity index (χ0v) is 16.0. The first-order valence-electron chi connectivity index (χ1n) is 7.30. The minimum absolute atomic E-state index is 0.117. The molecule has 0 fully saturated rings. The lowest BCUT2D eigenvalue weighted by Crippen LogP contribution is -1.96. The summed E-state index contributed by atoms with van der Waals surface area (Å²) in [6.45, 7) is 0. The summed E-state index contributed by atoms with van der Waals surface area (Å²) in [6, 6.07) is 13.0. The zero-order valence-electron chi connectivity index (χ0n) is 12.9. The highest BCUT2D eigenvalue weighted by Gasteiger charge is 2.11. The lowest BCUT2D eigenvalue weighted by atomic mass is 10.2. The molecule has 0 aliphatic heterocycles. The van der Waals surface area contributed by atoms with E-state index in [4.69, 9.17) is 11.6 Å². The van der Waals surface area contributed by atoms with Crippen LogP contribution in [0.2, 0.25) is 5.02 Å². The number of carbonyl (C=O) groups excluding carboxylic acids is 1. The van der Waals surface area contributed by atoms with Gasteiger partial charge < -0.3 is 10.1 Å². The molecule has 2 aromatic carbocycles. The van der Waals surface area contributed by atoms with Crippen LogP contribution < -0.4 is 0 Å². The molecule has 1 amide bonds. The first kappa shape index (κ1) is 18.0. The summed E-state index contributed by atoms with van der Waals surface area (Å²) >= 11 is 10.9. The molecule has 8 heteroatoms. The molecule has 5 nitrogen and oxygen atoms in total. The Balaban J connectivity index is 1.64. The lowest BCUT2D eigenvalue weighted by molar-refractivity contribution is -0.115. The van der Waals surface area contributed by atoms with Crippen LogP contribution in [0.4, 0.5) is 5.69 Å². The van der Waals surface area contributed by atoms with Gasteiger partial charge >= 0.3 is 0 Å². The number of amides is 1. The second-order valence-corrected chi connectivity index (χ2v) is 7.50. The molecule has 0 saturated heterocycles. The standard InChI is InChI=1S/C17H13BrClN3O2S/c18-11-5-6-14-12(7-11)16(17(24)20-14)22-21-15(23)9-25-8-10-3-1-2-4-13(10)19/h1-7,20,24H,8-9H2. The van der Waals surface area contributed by atoms with Crippen LogP contribution in [0.25, 0.3) is 10.9 Å². The summed E-state index contributed by atoms with van der Waals surface area (Å²) < 4.78 is 0.845. The summed E-state index contributed by atoms with van der Waals surface area (Å²) in [5.74, 6) is 0.308.